The number of furan rings is 1. The summed E-state index contributed by atoms with van der Waals surface area (Å²) >= 11 is 0. The largest absolute Gasteiger partial charge is 0.495 e. The van der Waals surface area contributed by atoms with Gasteiger partial charge in [0.2, 0.25) is 0 Å². The van der Waals surface area contributed by atoms with E-state index in [1.807, 2.05) is 25.1 Å². The molecule has 0 aliphatic rings. The van der Waals surface area contributed by atoms with Gasteiger partial charge in [0.05, 0.1) is 25.5 Å². The Kier molecular flexibility index (Phi) is 5.45. The third-order valence-electron chi connectivity index (χ3n) is 4.19. The summed E-state index contributed by atoms with van der Waals surface area (Å²) < 4.78 is 16.0. The zero-order valence-electron chi connectivity index (χ0n) is 15.4. The molecule has 6 heteroatoms. The average molecular weight is 367 g/mol. The van der Waals surface area contributed by atoms with Crippen molar-refractivity contribution in [2.45, 2.75) is 26.4 Å². The van der Waals surface area contributed by atoms with Crippen LogP contribution >= 0.6 is 0 Å². The fourth-order valence-electron chi connectivity index (χ4n) is 2.76. The Morgan fingerprint density at radius 1 is 1.19 bits per heavy atom. The normalized spacial score (nSPS) is 11.8. The number of fused-ring (bicyclic) bond motifs is 1. The topological polar surface area (TPSA) is 77.8 Å². The molecular formula is C21H21NO5. The first-order chi connectivity index (χ1) is 13.0. The van der Waals surface area contributed by atoms with Crippen LogP contribution in [0.25, 0.3) is 11.0 Å². The second kappa shape index (κ2) is 7.95. The molecule has 3 aromatic rings. The number of carbonyl (C=O) groups is 2. The second-order valence-corrected chi connectivity index (χ2v) is 6.26. The molecule has 1 aromatic heterocycles. The first-order valence-corrected chi connectivity index (χ1v) is 8.58. The number of nitrogens with one attached hydrogen (secondary N) is 1. The van der Waals surface area contributed by atoms with Crippen molar-refractivity contribution in [1.82, 2.24) is 0 Å². The number of ether oxygens (including phenoxy) is 2. The van der Waals surface area contributed by atoms with Gasteiger partial charge in [-0.05, 0) is 37.6 Å². The van der Waals surface area contributed by atoms with Gasteiger partial charge >= 0.3 is 5.97 Å². The maximum absolute atomic E-state index is 12.3. The second-order valence-electron chi connectivity index (χ2n) is 6.26. The molecule has 1 atom stereocenters. The van der Waals surface area contributed by atoms with Crippen LogP contribution in [0.2, 0.25) is 0 Å². The minimum absolute atomic E-state index is 0.0301. The predicted octanol–water partition coefficient (Wildman–Crippen LogP) is 3.86. The van der Waals surface area contributed by atoms with Gasteiger partial charge in [-0.25, -0.2) is 0 Å². The highest BCUT2D eigenvalue weighted by atomic mass is 16.5. The zero-order chi connectivity index (χ0) is 19.4. The third kappa shape index (κ3) is 4.28. The Bertz CT molecular complexity index is 976. The Balaban J connectivity index is 1.62. The molecule has 140 valence electrons. The van der Waals surface area contributed by atoms with E-state index in [4.69, 9.17) is 13.9 Å². The highest BCUT2D eigenvalue weighted by molar-refractivity contribution is 5.96. The molecule has 0 saturated heterocycles. The molecule has 2 aromatic carbocycles. The lowest BCUT2D eigenvalue weighted by molar-refractivity contribution is -0.152. The molecule has 1 heterocycles. The molecule has 0 radical (unpaired) electrons. The molecule has 1 amide bonds. The van der Waals surface area contributed by atoms with E-state index in [2.05, 4.69) is 5.32 Å². The molecule has 0 aliphatic carbocycles. The molecule has 6 nitrogen and oxygen atoms in total. The minimum Gasteiger partial charge on any atom is -0.495 e. The summed E-state index contributed by atoms with van der Waals surface area (Å²) in [5.74, 6) is -0.397. The van der Waals surface area contributed by atoms with Crippen molar-refractivity contribution < 1.29 is 23.5 Å². The number of para-hydroxylation sites is 2. The molecule has 0 saturated carbocycles. The number of methoxy groups -OCH3 is 1. The van der Waals surface area contributed by atoms with Gasteiger partial charge in [-0.1, -0.05) is 24.3 Å². The van der Waals surface area contributed by atoms with Crippen molar-refractivity contribution in [2.24, 2.45) is 0 Å². The van der Waals surface area contributed by atoms with Crippen molar-refractivity contribution in [3.63, 3.8) is 0 Å². The molecule has 0 bridgehead atoms. The lowest BCUT2D eigenvalue weighted by atomic mass is 10.1. The number of hydrogen-bond acceptors (Lipinski definition) is 5. The SMILES string of the molecule is COc1ccccc1NC(=O)[C@@H](C)OC(=O)Cc1coc2cc(C)ccc12. The van der Waals surface area contributed by atoms with Gasteiger partial charge in [-0.15, -0.1) is 0 Å². The number of benzene rings is 2. The number of anilines is 1. The summed E-state index contributed by atoms with van der Waals surface area (Å²) in [6.07, 6.45) is 0.635. The van der Waals surface area contributed by atoms with Crippen LogP contribution < -0.4 is 10.1 Å². The predicted molar refractivity (Wildman–Crippen MR) is 102 cm³/mol. The molecule has 0 spiro atoms. The first kappa shape index (κ1) is 18.5. The van der Waals surface area contributed by atoms with Crippen LogP contribution in [0, 0.1) is 6.92 Å². The van der Waals surface area contributed by atoms with Gasteiger partial charge in [-0.3, -0.25) is 9.59 Å². The quantitative estimate of drug-likeness (QED) is 0.669. The van der Waals surface area contributed by atoms with Crippen LogP contribution in [-0.4, -0.2) is 25.1 Å². The van der Waals surface area contributed by atoms with Crippen molar-refractivity contribution in [2.75, 3.05) is 12.4 Å². The summed E-state index contributed by atoms with van der Waals surface area (Å²) in [5, 5.41) is 3.57. The fourth-order valence-corrected chi connectivity index (χ4v) is 2.76. The average Bonchev–Trinajstić information content (AvgIpc) is 3.03. The Hall–Kier alpha value is -3.28. The number of hydrogen-bond donors (Lipinski definition) is 1. The van der Waals surface area contributed by atoms with E-state index in [0.29, 0.717) is 11.4 Å². The van der Waals surface area contributed by atoms with Crippen molar-refractivity contribution in [3.8, 4) is 5.75 Å². The van der Waals surface area contributed by atoms with Crippen LogP contribution in [0.3, 0.4) is 0 Å². The van der Waals surface area contributed by atoms with Crippen LogP contribution in [0.15, 0.2) is 53.1 Å². The Morgan fingerprint density at radius 3 is 2.74 bits per heavy atom. The van der Waals surface area contributed by atoms with Crippen molar-refractivity contribution >= 4 is 28.5 Å². The highest BCUT2D eigenvalue weighted by Gasteiger charge is 2.20. The summed E-state index contributed by atoms with van der Waals surface area (Å²) in [5.41, 5.74) is 3.05. The van der Waals surface area contributed by atoms with Crippen LogP contribution in [-0.2, 0) is 20.7 Å². The van der Waals surface area contributed by atoms with E-state index >= 15 is 0 Å². The lowest BCUT2D eigenvalue weighted by Gasteiger charge is -2.15. The standard InChI is InChI=1S/C21H21NO5/c1-13-8-9-16-15(12-26-19(16)10-13)11-20(23)27-14(2)21(24)22-17-6-4-5-7-18(17)25-3/h4-10,12,14H,11H2,1-3H3,(H,22,24)/t14-/m1/s1. The third-order valence-corrected chi connectivity index (χ3v) is 4.19. The van der Waals surface area contributed by atoms with E-state index in [1.165, 1.54) is 14.0 Å². The molecule has 0 aliphatic heterocycles. The van der Waals surface area contributed by atoms with Gasteiger partial charge in [-0.2, -0.15) is 0 Å². The smallest absolute Gasteiger partial charge is 0.311 e. The van der Waals surface area contributed by atoms with Crippen LogP contribution in [0.5, 0.6) is 5.75 Å². The number of esters is 1. The van der Waals surface area contributed by atoms with Gasteiger partial charge in [0.15, 0.2) is 6.10 Å². The van der Waals surface area contributed by atoms with E-state index in [9.17, 15) is 9.59 Å². The first-order valence-electron chi connectivity index (χ1n) is 8.58. The van der Waals surface area contributed by atoms with Crippen LogP contribution in [0.4, 0.5) is 5.69 Å². The number of amides is 1. The maximum Gasteiger partial charge on any atom is 0.311 e. The summed E-state index contributed by atoms with van der Waals surface area (Å²) in [6.45, 7) is 3.50. The highest BCUT2D eigenvalue weighted by Crippen LogP contribution is 2.24. The number of rotatable bonds is 6. The molecule has 0 fully saturated rings. The molecule has 1 N–H and O–H groups in total. The summed E-state index contributed by atoms with van der Waals surface area (Å²) in [7, 11) is 1.52. The summed E-state index contributed by atoms with van der Waals surface area (Å²) in [4.78, 5) is 24.5. The van der Waals surface area contributed by atoms with E-state index in [0.717, 1.165) is 22.1 Å². The lowest BCUT2D eigenvalue weighted by Crippen LogP contribution is -2.30. The molecular weight excluding hydrogens is 346 g/mol. The summed E-state index contributed by atoms with van der Waals surface area (Å²) in [6, 6.07) is 12.8. The van der Waals surface area contributed by atoms with Gasteiger partial charge in [0.1, 0.15) is 11.3 Å². The van der Waals surface area contributed by atoms with E-state index < -0.39 is 18.0 Å². The van der Waals surface area contributed by atoms with Crippen molar-refractivity contribution in [1.29, 1.82) is 0 Å². The van der Waals surface area contributed by atoms with Gasteiger partial charge in [0.25, 0.3) is 5.91 Å². The van der Waals surface area contributed by atoms with E-state index in [1.54, 1.807) is 30.5 Å². The molecule has 0 unspecified atom stereocenters. The monoisotopic (exact) mass is 367 g/mol. The zero-order valence-corrected chi connectivity index (χ0v) is 15.4. The molecule has 27 heavy (non-hydrogen) atoms. The maximum atomic E-state index is 12.3. The minimum atomic E-state index is -0.942. The Morgan fingerprint density at radius 2 is 1.96 bits per heavy atom. The Labute approximate surface area is 157 Å². The molecule has 3 rings (SSSR count). The fraction of sp³-hybridized carbons (Fsp3) is 0.238. The number of carbonyl (C=O) groups excluding carboxylic acids is 2. The van der Waals surface area contributed by atoms with Gasteiger partial charge < -0.3 is 19.2 Å². The van der Waals surface area contributed by atoms with E-state index in [-0.39, 0.29) is 6.42 Å². The number of aryl methyl sites for hydroxylation is 1. The van der Waals surface area contributed by atoms with Crippen molar-refractivity contribution in [3.05, 3.63) is 59.9 Å². The van der Waals surface area contributed by atoms with Crippen LogP contribution in [0.1, 0.15) is 18.1 Å². The van der Waals surface area contributed by atoms with Gasteiger partial charge in [0, 0.05) is 10.9 Å².